The molecule has 0 bridgehead atoms. The summed E-state index contributed by atoms with van der Waals surface area (Å²) >= 11 is 2.54. The van der Waals surface area contributed by atoms with Crippen molar-refractivity contribution < 1.29 is 5.11 Å². The minimum atomic E-state index is 0.338. The van der Waals surface area contributed by atoms with Crippen molar-refractivity contribution in [2.24, 2.45) is 0 Å². The third kappa shape index (κ3) is 3.05. The lowest BCUT2D eigenvalue weighted by Gasteiger charge is -2.21. The molecule has 0 fully saturated rings. The van der Waals surface area contributed by atoms with Crippen LogP contribution in [0.25, 0.3) is 0 Å². The molecule has 1 N–H and O–H groups in total. The fourth-order valence-corrected chi connectivity index (χ4v) is 2.73. The Labute approximate surface area is 88.4 Å². The zero-order valence-corrected chi connectivity index (χ0v) is 9.80. The molecule has 0 amide bonds. The van der Waals surface area contributed by atoms with E-state index in [1.54, 1.807) is 11.1 Å². The first-order valence-electron chi connectivity index (χ1n) is 4.66. The number of aliphatic hydroxyl groups is 1. The van der Waals surface area contributed by atoms with Gasteiger partial charge in [-0.3, -0.25) is 0 Å². The third-order valence-electron chi connectivity index (χ3n) is 2.53. The van der Waals surface area contributed by atoms with Crippen LogP contribution in [0.4, 0.5) is 0 Å². The molecule has 1 nitrogen and oxygen atoms in total. The molecule has 1 rings (SSSR count). The van der Waals surface area contributed by atoms with Crippen molar-refractivity contribution in [1.29, 1.82) is 0 Å². The second-order valence-corrected chi connectivity index (χ2v) is 5.31. The molecule has 2 heteroatoms. The van der Waals surface area contributed by atoms with Crippen LogP contribution in [0.2, 0.25) is 0 Å². The molecular formula is C10H17IO. The van der Waals surface area contributed by atoms with Crippen molar-refractivity contribution >= 4 is 22.6 Å². The first kappa shape index (κ1) is 10.5. The van der Waals surface area contributed by atoms with E-state index >= 15 is 0 Å². The molecule has 70 valence electrons. The van der Waals surface area contributed by atoms with E-state index in [1.165, 1.54) is 19.3 Å². The molecule has 0 aromatic rings. The van der Waals surface area contributed by atoms with Gasteiger partial charge in [0.1, 0.15) is 0 Å². The lowest BCUT2D eigenvalue weighted by molar-refractivity contribution is 0.287. The quantitative estimate of drug-likeness (QED) is 0.478. The van der Waals surface area contributed by atoms with Crippen molar-refractivity contribution in [3.05, 3.63) is 11.1 Å². The number of halogens is 1. The Morgan fingerprint density at radius 1 is 1.58 bits per heavy atom. The van der Waals surface area contributed by atoms with E-state index in [4.69, 9.17) is 5.11 Å². The summed E-state index contributed by atoms with van der Waals surface area (Å²) in [5, 5.41) is 8.71. The number of alkyl halides is 1. The maximum atomic E-state index is 8.71. The average molecular weight is 280 g/mol. The van der Waals surface area contributed by atoms with Crippen LogP contribution < -0.4 is 0 Å². The molecule has 0 spiro atoms. The van der Waals surface area contributed by atoms with E-state index in [0.717, 1.165) is 16.8 Å². The SMILES string of the molecule is CC1=C(CCCO)CC[C@H](I)C1. The summed E-state index contributed by atoms with van der Waals surface area (Å²) in [6, 6.07) is 0. The normalized spacial score (nSPS) is 24.8. The zero-order valence-electron chi connectivity index (χ0n) is 7.65. The van der Waals surface area contributed by atoms with Crippen LogP contribution in [-0.2, 0) is 0 Å². The predicted molar refractivity (Wildman–Crippen MR) is 60.7 cm³/mol. The van der Waals surface area contributed by atoms with Gasteiger partial charge in [0.05, 0.1) is 0 Å². The number of aliphatic hydroxyl groups excluding tert-OH is 1. The van der Waals surface area contributed by atoms with E-state index in [9.17, 15) is 0 Å². The topological polar surface area (TPSA) is 20.2 Å². The summed E-state index contributed by atoms with van der Waals surface area (Å²) in [6.45, 7) is 2.59. The van der Waals surface area contributed by atoms with Gasteiger partial charge in [-0.15, -0.1) is 0 Å². The summed E-state index contributed by atoms with van der Waals surface area (Å²) in [4.78, 5) is 0. The Hall–Kier alpha value is 0.430. The van der Waals surface area contributed by atoms with Crippen molar-refractivity contribution in [1.82, 2.24) is 0 Å². The van der Waals surface area contributed by atoms with Crippen LogP contribution in [0.3, 0.4) is 0 Å². The van der Waals surface area contributed by atoms with Gasteiger partial charge in [0, 0.05) is 10.5 Å². The fourth-order valence-electron chi connectivity index (χ4n) is 1.75. The Morgan fingerprint density at radius 2 is 2.33 bits per heavy atom. The molecule has 0 saturated carbocycles. The minimum absolute atomic E-state index is 0.338. The van der Waals surface area contributed by atoms with Crippen molar-refractivity contribution in [3.8, 4) is 0 Å². The summed E-state index contributed by atoms with van der Waals surface area (Å²) in [7, 11) is 0. The van der Waals surface area contributed by atoms with Gasteiger partial charge in [-0.1, -0.05) is 33.7 Å². The lowest BCUT2D eigenvalue weighted by Crippen LogP contribution is -2.08. The number of hydrogen-bond acceptors (Lipinski definition) is 1. The van der Waals surface area contributed by atoms with Gasteiger partial charge in [-0.2, -0.15) is 0 Å². The van der Waals surface area contributed by atoms with E-state index in [1.807, 2.05) is 0 Å². The number of rotatable bonds is 3. The summed E-state index contributed by atoms with van der Waals surface area (Å²) in [5.41, 5.74) is 3.19. The molecule has 0 aromatic heterocycles. The highest BCUT2D eigenvalue weighted by Gasteiger charge is 2.15. The van der Waals surface area contributed by atoms with Gasteiger partial charge >= 0.3 is 0 Å². The highest BCUT2D eigenvalue weighted by molar-refractivity contribution is 14.1. The smallest absolute Gasteiger partial charge is 0.0434 e. The van der Waals surface area contributed by atoms with Crippen LogP contribution in [0, 0.1) is 0 Å². The minimum Gasteiger partial charge on any atom is -0.396 e. The second kappa shape index (κ2) is 5.22. The molecule has 0 aromatic carbocycles. The summed E-state index contributed by atoms with van der Waals surface area (Å²) in [6.07, 6.45) is 5.92. The molecule has 1 aliphatic rings. The molecule has 0 heterocycles. The fraction of sp³-hybridized carbons (Fsp3) is 0.800. The van der Waals surface area contributed by atoms with Gasteiger partial charge in [0.25, 0.3) is 0 Å². The van der Waals surface area contributed by atoms with Gasteiger partial charge in [0.15, 0.2) is 0 Å². The Morgan fingerprint density at radius 3 is 2.92 bits per heavy atom. The van der Waals surface area contributed by atoms with Gasteiger partial charge in [0.2, 0.25) is 0 Å². The largest absolute Gasteiger partial charge is 0.396 e. The van der Waals surface area contributed by atoms with Crippen LogP contribution in [0.1, 0.15) is 39.0 Å². The van der Waals surface area contributed by atoms with Crippen LogP contribution in [-0.4, -0.2) is 15.6 Å². The Kier molecular flexibility index (Phi) is 4.57. The van der Waals surface area contributed by atoms with Gasteiger partial charge < -0.3 is 5.11 Å². The maximum absolute atomic E-state index is 8.71. The van der Waals surface area contributed by atoms with Crippen molar-refractivity contribution in [2.75, 3.05) is 6.61 Å². The van der Waals surface area contributed by atoms with E-state index < -0.39 is 0 Å². The molecule has 1 aliphatic carbocycles. The molecule has 0 saturated heterocycles. The standard InChI is InChI=1S/C10H17IO/c1-8-7-10(11)5-4-9(8)3-2-6-12/h10,12H,2-7H2,1H3/t10-/m0/s1. The number of hydrogen-bond donors (Lipinski definition) is 1. The molecule has 12 heavy (non-hydrogen) atoms. The first-order chi connectivity index (χ1) is 5.74. The highest BCUT2D eigenvalue weighted by Crippen LogP contribution is 2.31. The van der Waals surface area contributed by atoms with Crippen molar-refractivity contribution in [2.45, 2.75) is 43.0 Å². The lowest BCUT2D eigenvalue weighted by atomic mass is 9.90. The van der Waals surface area contributed by atoms with Crippen molar-refractivity contribution in [3.63, 3.8) is 0 Å². The summed E-state index contributed by atoms with van der Waals surface area (Å²) in [5.74, 6) is 0. The maximum Gasteiger partial charge on any atom is 0.0434 e. The molecule has 0 unspecified atom stereocenters. The number of allylic oxidation sites excluding steroid dienone is 2. The zero-order chi connectivity index (χ0) is 8.97. The van der Waals surface area contributed by atoms with Gasteiger partial charge in [-0.25, -0.2) is 0 Å². The van der Waals surface area contributed by atoms with Crippen LogP contribution in [0.5, 0.6) is 0 Å². The average Bonchev–Trinajstić information content (AvgIpc) is 2.03. The Balaban J connectivity index is 2.45. The molecular weight excluding hydrogens is 263 g/mol. The Bertz CT molecular complexity index is 175. The first-order valence-corrected chi connectivity index (χ1v) is 5.91. The van der Waals surface area contributed by atoms with E-state index in [2.05, 4.69) is 29.5 Å². The highest BCUT2D eigenvalue weighted by atomic mass is 127. The van der Waals surface area contributed by atoms with Crippen LogP contribution >= 0.6 is 22.6 Å². The van der Waals surface area contributed by atoms with Gasteiger partial charge in [-0.05, 0) is 39.0 Å². The van der Waals surface area contributed by atoms with Crippen LogP contribution in [0.15, 0.2) is 11.1 Å². The molecule has 0 aliphatic heterocycles. The molecule has 1 atom stereocenters. The summed E-state index contributed by atoms with van der Waals surface area (Å²) < 4.78 is 0.848. The van der Waals surface area contributed by atoms with E-state index in [-0.39, 0.29) is 0 Å². The third-order valence-corrected chi connectivity index (χ3v) is 3.59. The monoisotopic (exact) mass is 280 g/mol. The van der Waals surface area contributed by atoms with E-state index in [0.29, 0.717) is 6.61 Å². The second-order valence-electron chi connectivity index (χ2n) is 3.55. The predicted octanol–water partition coefficient (Wildman–Crippen LogP) is 3.06. The molecule has 0 radical (unpaired) electrons.